The van der Waals surface area contributed by atoms with Gasteiger partial charge in [-0.2, -0.15) is 0 Å². The molecule has 2 N–H and O–H groups in total. The van der Waals surface area contributed by atoms with E-state index in [1.54, 1.807) is 0 Å². The van der Waals surface area contributed by atoms with Crippen molar-refractivity contribution in [2.75, 3.05) is 36.5 Å². The highest BCUT2D eigenvalue weighted by atomic mass is 32.1. The Labute approximate surface area is 137 Å². The number of para-hydroxylation sites is 2. The number of anilines is 2. The van der Waals surface area contributed by atoms with E-state index in [0.717, 1.165) is 37.7 Å². The molecule has 0 atom stereocenters. The number of benzene rings is 1. The molecule has 6 heteroatoms. The molecule has 0 radical (unpaired) electrons. The van der Waals surface area contributed by atoms with Crippen LogP contribution in [0, 0.1) is 5.41 Å². The van der Waals surface area contributed by atoms with E-state index < -0.39 is 5.41 Å². The summed E-state index contributed by atoms with van der Waals surface area (Å²) in [6.45, 7) is 8.70. The molecule has 2 rings (SSSR count). The SMILES string of the molecule is CC(C)(C)C(=O)NC(=S)Nc1ccccc1N1CCOCC1. The molecule has 0 aromatic heterocycles. The molecule has 1 saturated heterocycles. The van der Waals surface area contributed by atoms with Crippen molar-refractivity contribution in [3.63, 3.8) is 0 Å². The molecule has 5 nitrogen and oxygen atoms in total. The van der Waals surface area contributed by atoms with Crippen LogP contribution < -0.4 is 15.5 Å². The largest absolute Gasteiger partial charge is 0.378 e. The van der Waals surface area contributed by atoms with E-state index in [9.17, 15) is 4.79 Å². The van der Waals surface area contributed by atoms with Crippen molar-refractivity contribution in [2.24, 2.45) is 5.41 Å². The van der Waals surface area contributed by atoms with Gasteiger partial charge in [-0.1, -0.05) is 32.9 Å². The molecular formula is C16H23N3O2S. The van der Waals surface area contributed by atoms with Gasteiger partial charge in [0.2, 0.25) is 5.91 Å². The van der Waals surface area contributed by atoms with Crippen LogP contribution >= 0.6 is 12.2 Å². The summed E-state index contributed by atoms with van der Waals surface area (Å²) in [5.41, 5.74) is 1.48. The number of nitrogens with zero attached hydrogens (tertiary/aromatic N) is 1. The van der Waals surface area contributed by atoms with Crippen LogP contribution in [-0.2, 0) is 9.53 Å². The van der Waals surface area contributed by atoms with Gasteiger partial charge >= 0.3 is 0 Å². The number of rotatable bonds is 2. The zero-order valence-corrected chi connectivity index (χ0v) is 14.1. The third-order valence-corrected chi connectivity index (χ3v) is 3.62. The fourth-order valence-corrected chi connectivity index (χ4v) is 2.31. The topological polar surface area (TPSA) is 53.6 Å². The lowest BCUT2D eigenvalue weighted by Gasteiger charge is -2.30. The van der Waals surface area contributed by atoms with Crippen LogP contribution in [0.15, 0.2) is 24.3 Å². The zero-order valence-electron chi connectivity index (χ0n) is 13.3. The summed E-state index contributed by atoms with van der Waals surface area (Å²) in [7, 11) is 0. The number of carbonyl (C=O) groups excluding carboxylic acids is 1. The van der Waals surface area contributed by atoms with Crippen molar-refractivity contribution in [3.05, 3.63) is 24.3 Å². The van der Waals surface area contributed by atoms with Gasteiger partial charge in [0.25, 0.3) is 0 Å². The normalized spacial score (nSPS) is 15.3. The average Bonchev–Trinajstić information content (AvgIpc) is 2.47. The average molecular weight is 321 g/mol. The first-order valence-corrected chi connectivity index (χ1v) is 7.83. The lowest BCUT2D eigenvalue weighted by molar-refractivity contribution is -0.126. The molecule has 0 unspecified atom stereocenters. The van der Waals surface area contributed by atoms with Gasteiger partial charge in [0.05, 0.1) is 24.6 Å². The van der Waals surface area contributed by atoms with E-state index in [-0.39, 0.29) is 5.91 Å². The molecule has 1 aliphatic rings. The summed E-state index contributed by atoms with van der Waals surface area (Å²) in [5, 5.41) is 6.18. The quantitative estimate of drug-likeness (QED) is 0.819. The van der Waals surface area contributed by atoms with Crippen LogP contribution in [0.25, 0.3) is 0 Å². The van der Waals surface area contributed by atoms with Gasteiger partial charge in [-0.25, -0.2) is 0 Å². The van der Waals surface area contributed by atoms with Crippen molar-refractivity contribution < 1.29 is 9.53 Å². The minimum absolute atomic E-state index is 0.103. The predicted molar refractivity (Wildman–Crippen MR) is 93.3 cm³/mol. The molecule has 0 saturated carbocycles. The summed E-state index contributed by atoms with van der Waals surface area (Å²) >= 11 is 5.26. The monoisotopic (exact) mass is 321 g/mol. The van der Waals surface area contributed by atoms with Gasteiger partial charge in [-0.3, -0.25) is 4.79 Å². The molecule has 1 fully saturated rings. The first-order chi connectivity index (χ1) is 10.4. The standard InChI is InChI=1S/C16H23N3O2S/c1-16(2,3)14(20)18-15(22)17-12-6-4-5-7-13(12)19-8-10-21-11-9-19/h4-7H,8-11H2,1-3H3,(H2,17,18,20,22). The number of nitrogens with one attached hydrogen (secondary N) is 2. The van der Waals surface area contributed by atoms with Crippen molar-refractivity contribution in [2.45, 2.75) is 20.8 Å². The maximum atomic E-state index is 12.0. The molecule has 22 heavy (non-hydrogen) atoms. The Balaban J connectivity index is 2.06. The fourth-order valence-electron chi connectivity index (χ4n) is 2.10. The second kappa shape index (κ2) is 7.07. The highest BCUT2D eigenvalue weighted by Crippen LogP contribution is 2.26. The fraction of sp³-hybridized carbons (Fsp3) is 0.500. The summed E-state index contributed by atoms with van der Waals surface area (Å²) in [6, 6.07) is 7.94. The molecular weight excluding hydrogens is 298 g/mol. The summed E-state index contributed by atoms with van der Waals surface area (Å²) in [4.78, 5) is 14.2. The van der Waals surface area contributed by atoms with Crippen molar-refractivity contribution in [3.8, 4) is 0 Å². The Hall–Kier alpha value is -1.66. The minimum atomic E-state index is -0.477. The lowest BCUT2D eigenvalue weighted by atomic mass is 9.96. The van der Waals surface area contributed by atoms with Crippen molar-refractivity contribution >= 4 is 34.6 Å². The molecule has 0 bridgehead atoms. The molecule has 1 aliphatic heterocycles. The molecule has 1 heterocycles. The van der Waals surface area contributed by atoms with Crippen LogP contribution in [0.1, 0.15) is 20.8 Å². The second-order valence-electron chi connectivity index (χ2n) is 6.27. The van der Waals surface area contributed by atoms with Gasteiger partial charge in [0.1, 0.15) is 0 Å². The summed E-state index contributed by atoms with van der Waals surface area (Å²) in [5.74, 6) is -0.103. The van der Waals surface area contributed by atoms with Gasteiger partial charge in [-0.15, -0.1) is 0 Å². The van der Waals surface area contributed by atoms with Crippen LogP contribution in [0.3, 0.4) is 0 Å². The number of amides is 1. The van der Waals surface area contributed by atoms with Gasteiger partial charge in [0, 0.05) is 18.5 Å². The Bertz CT molecular complexity index is 549. The molecule has 1 aromatic carbocycles. The third kappa shape index (κ3) is 4.42. The van der Waals surface area contributed by atoms with Crippen LogP contribution in [0.5, 0.6) is 0 Å². The number of ether oxygens (including phenoxy) is 1. The van der Waals surface area contributed by atoms with Crippen molar-refractivity contribution in [1.29, 1.82) is 0 Å². The third-order valence-electron chi connectivity index (χ3n) is 3.41. The number of hydrogen-bond acceptors (Lipinski definition) is 4. The van der Waals surface area contributed by atoms with E-state index in [2.05, 4.69) is 15.5 Å². The zero-order chi connectivity index (χ0) is 16.2. The lowest BCUT2D eigenvalue weighted by Crippen LogP contribution is -2.41. The predicted octanol–water partition coefficient (Wildman–Crippen LogP) is 2.38. The highest BCUT2D eigenvalue weighted by molar-refractivity contribution is 7.80. The first kappa shape index (κ1) is 16.7. The van der Waals surface area contributed by atoms with E-state index >= 15 is 0 Å². The Kier molecular flexibility index (Phi) is 5.37. The number of morpholine rings is 1. The van der Waals surface area contributed by atoms with E-state index in [1.807, 2.05) is 45.0 Å². The maximum Gasteiger partial charge on any atom is 0.231 e. The van der Waals surface area contributed by atoms with Crippen molar-refractivity contribution in [1.82, 2.24) is 5.32 Å². The summed E-state index contributed by atoms with van der Waals surface area (Å²) < 4.78 is 5.39. The van der Waals surface area contributed by atoms with E-state index in [0.29, 0.717) is 5.11 Å². The van der Waals surface area contributed by atoms with Crippen LogP contribution in [0.4, 0.5) is 11.4 Å². The molecule has 1 aromatic rings. The second-order valence-corrected chi connectivity index (χ2v) is 6.68. The first-order valence-electron chi connectivity index (χ1n) is 7.42. The van der Waals surface area contributed by atoms with Gasteiger partial charge < -0.3 is 20.3 Å². The Morgan fingerprint density at radius 1 is 1.23 bits per heavy atom. The Morgan fingerprint density at radius 2 is 1.86 bits per heavy atom. The molecule has 0 spiro atoms. The Morgan fingerprint density at radius 3 is 2.50 bits per heavy atom. The van der Waals surface area contributed by atoms with Gasteiger partial charge in [0.15, 0.2) is 5.11 Å². The molecule has 0 aliphatic carbocycles. The smallest absolute Gasteiger partial charge is 0.231 e. The maximum absolute atomic E-state index is 12.0. The van der Waals surface area contributed by atoms with E-state index in [1.165, 1.54) is 0 Å². The van der Waals surface area contributed by atoms with Gasteiger partial charge in [-0.05, 0) is 24.4 Å². The van der Waals surface area contributed by atoms with E-state index in [4.69, 9.17) is 17.0 Å². The highest BCUT2D eigenvalue weighted by Gasteiger charge is 2.22. The number of thiocarbonyl (C=S) groups is 1. The molecule has 1 amide bonds. The molecule has 120 valence electrons. The minimum Gasteiger partial charge on any atom is -0.378 e. The summed E-state index contributed by atoms with van der Waals surface area (Å²) in [6.07, 6.45) is 0. The van der Waals surface area contributed by atoms with Crippen LogP contribution in [-0.4, -0.2) is 37.3 Å². The number of hydrogen-bond donors (Lipinski definition) is 2. The van der Waals surface area contributed by atoms with Crippen LogP contribution in [0.2, 0.25) is 0 Å². The number of carbonyl (C=O) groups is 1.